The number of H-pyrrole nitrogens is 1. The maximum Gasteiger partial charge on any atom is 0.326 e. The highest BCUT2D eigenvalue weighted by Crippen LogP contribution is 2.20. The molecule has 0 radical (unpaired) electrons. The number of aliphatic hydroxyl groups is 1. The molecule has 12 heteroatoms. The minimum absolute atomic E-state index is 0.0218. The fraction of sp³-hybridized carbons (Fsp3) is 0.400. The van der Waals surface area contributed by atoms with Gasteiger partial charge in [0.25, 0.3) is 0 Å². The molecular formula is C30H39N5O7. The number of carboxylic acids is 1. The molecule has 6 atom stereocenters. The first-order valence-electron chi connectivity index (χ1n) is 13.8. The summed E-state index contributed by atoms with van der Waals surface area (Å²) in [4.78, 5) is 55.0. The van der Waals surface area contributed by atoms with Crippen LogP contribution < -0.4 is 21.7 Å². The first kappa shape index (κ1) is 32.1. The van der Waals surface area contributed by atoms with E-state index in [-0.39, 0.29) is 24.5 Å². The first-order chi connectivity index (χ1) is 19.9. The molecule has 12 nitrogen and oxygen atoms in total. The second kappa shape index (κ2) is 14.5. The number of benzene rings is 2. The Morgan fingerprint density at radius 2 is 1.52 bits per heavy atom. The van der Waals surface area contributed by atoms with Crippen LogP contribution in [0, 0.1) is 5.92 Å². The fourth-order valence-electron chi connectivity index (χ4n) is 4.50. The third-order valence-corrected chi connectivity index (χ3v) is 7.34. The van der Waals surface area contributed by atoms with Crippen molar-refractivity contribution < 1.29 is 34.5 Å². The fourth-order valence-corrected chi connectivity index (χ4v) is 4.50. The van der Waals surface area contributed by atoms with Crippen LogP contribution in [0.1, 0.15) is 38.3 Å². The van der Waals surface area contributed by atoms with Crippen LogP contribution in [0.25, 0.3) is 10.9 Å². The summed E-state index contributed by atoms with van der Waals surface area (Å²) in [5.74, 6) is -3.70. The number of phenols is 1. The van der Waals surface area contributed by atoms with Crippen LogP contribution in [0.3, 0.4) is 0 Å². The van der Waals surface area contributed by atoms with E-state index in [1.807, 2.05) is 31.2 Å². The normalized spacial score (nSPS) is 15.5. The molecule has 6 unspecified atom stereocenters. The number of aromatic nitrogens is 1. The van der Waals surface area contributed by atoms with Crippen molar-refractivity contribution in [3.8, 4) is 5.75 Å². The lowest BCUT2D eigenvalue weighted by Crippen LogP contribution is -2.60. The largest absolute Gasteiger partial charge is 0.508 e. The van der Waals surface area contributed by atoms with Gasteiger partial charge in [0.1, 0.15) is 29.9 Å². The maximum absolute atomic E-state index is 13.6. The lowest BCUT2D eigenvalue weighted by atomic mass is 9.96. The lowest BCUT2D eigenvalue weighted by molar-refractivity contribution is -0.142. The van der Waals surface area contributed by atoms with Crippen molar-refractivity contribution in [1.82, 2.24) is 20.9 Å². The molecule has 0 aliphatic heterocycles. The molecule has 0 aliphatic rings. The first-order valence-corrected chi connectivity index (χ1v) is 13.8. The van der Waals surface area contributed by atoms with E-state index >= 15 is 0 Å². The van der Waals surface area contributed by atoms with Gasteiger partial charge in [0.2, 0.25) is 17.7 Å². The Morgan fingerprint density at radius 1 is 0.881 bits per heavy atom. The van der Waals surface area contributed by atoms with Gasteiger partial charge in [-0.15, -0.1) is 0 Å². The van der Waals surface area contributed by atoms with Gasteiger partial charge in [0, 0.05) is 29.9 Å². The molecule has 2 aromatic carbocycles. The molecule has 3 amide bonds. The molecular weight excluding hydrogens is 542 g/mol. The summed E-state index contributed by atoms with van der Waals surface area (Å²) in [6, 6.07) is 8.52. The van der Waals surface area contributed by atoms with Crippen LogP contribution in [0.2, 0.25) is 0 Å². The molecule has 0 aliphatic carbocycles. The predicted molar refractivity (Wildman–Crippen MR) is 156 cm³/mol. The van der Waals surface area contributed by atoms with Crippen molar-refractivity contribution in [3.05, 3.63) is 65.9 Å². The molecule has 42 heavy (non-hydrogen) atoms. The molecule has 0 bridgehead atoms. The van der Waals surface area contributed by atoms with Crippen LogP contribution in [-0.4, -0.2) is 74.3 Å². The number of rotatable bonds is 14. The molecule has 1 aromatic heterocycles. The summed E-state index contributed by atoms with van der Waals surface area (Å²) in [5.41, 5.74) is 7.89. The number of carboxylic acid groups (broad SMARTS) is 1. The second-order valence-electron chi connectivity index (χ2n) is 10.5. The van der Waals surface area contributed by atoms with Crippen molar-refractivity contribution in [1.29, 1.82) is 0 Å². The summed E-state index contributed by atoms with van der Waals surface area (Å²) in [7, 11) is 0. The number of aliphatic carboxylic acids is 1. The average molecular weight is 582 g/mol. The van der Waals surface area contributed by atoms with Crippen molar-refractivity contribution in [2.45, 2.75) is 70.3 Å². The van der Waals surface area contributed by atoms with Crippen molar-refractivity contribution in [2.24, 2.45) is 11.7 Å². The monoisotopic (exact) mass is 581 g/mol. The zero-order valence-electron chi connectivity index (χ0n) is 23.8. The summed E-state index contributed by atoms with van der Waals surface area (Å²) in [6.45, 7) is 4.95. The van der Waals surface area contributed by atoms with E-state index in [0.29, 0.717) is 12.0 Å². The van der Waals surface area contributed by atoms with Gasteiger partial charge in [0.05, 0.1) is 6.10 Å². The number of carbonyl (C=O) groups is 4. The van der Waals surface area contributed by atoms with Gasteiger partial charge >= 0.3 is 5.97 Å². The number of para-hydroxylation sites is 1. The molecule has 0 spiro atoms. The quantitative estimate of drug-likeness (QED) is 0.137. The molecule has 3 rings (SSSR count). The minimum Gasteiger partial charge on any atom is -0.508 e. The third-order valence-electron chi connectivity index (χ3n) is 7.34. The van der Waals surface area contributed by atoms with Crippen molar-refractivity contribution >= 4 is 34.6 Å². The van der Waals surface area contributed by atoms with E-state index in [1.165, 1.54) is 19.1 Å². The minimum atomic E-state index is -1.32. The number of hydrogen-bond acceptors (Lipinski definition) is 7. The Hall–Kier alpha value is -4.42. The van der Waals surface area contributed by atoms with E-state index in [4.69, 9.17) is 5.73 Å². The van der Waals surface area contributed by atoms with E-state index in [0.717, 1.165) is 16.5 Å². The van der Waals surface area contributed by atoms with Crippen LogP contribution in [0.15, 0.2) is 54.7 Å². The highest BCUT2D eigenvalue weighted by atomic mass is 16.4. The van der Waals surface area contributed by atoms with Gasteiger partial charge in [-0.05, 0) is 42.2 Å². The number of nitrogens with one attached hydrogen (secondary N) is 4. The Morgan fingerprint density at radius 3 is 2.14 bits per heavy atom. The molecule has 1 heterocycles. The Balaban J connectivity index is 1.88. The standard InChI is InChI=1S/C30H39N5O7/c1-4-16(2)26(35-28(39)25(31)17(3)36)29(40)33-23(14-19-15-32-22-8-6-5-7-21(19)22)27(38)34-24(30(41)42)13-18-9-11-20(37)12-10-18/h5-12,15-17,23-26,32,36-37H,4,13-14,31H2,1-3H3,(H,33,40)(H,34,38)(H,35,39)(H,41,42). The van der Waals surface area contributed by atoms with Crippen molar-refractivity contribution in [2.75, 3.05) is 0 Å². The van der Waals surface area contributed by atoms with E-state index in [9.17, 15) is 34.5 Å². The van der Waals surface area contributed by atoms with E-state index < -0.39 is 54.0 Å². The number of nitrogens with two attached hydrogens (primary N) is 1. The number of phenolic OH excluding ortho intramolecular Hbond substituents is 1. The summed E-state index contributed by atoms with van der Waals surface area (Å²) in [6.07, 6.45) is 1.06. The Bertz CT molecular complexity index is 1390. The third kappa shape index (κ3) is 8.30. The maximum atomic E-state index is 13.6. The number of carbonyl (C=O) groups excluding carboxylic acids is 3. The molecule has 226 valence electrons. The average Bonchev–Trinajstić information content (AvgIpc) is 3.37. The second-order valence-corrected chi connectivity index (χ2v) is 10.5. The zero-order valence-corrected chi connectivity index (χ0v) is 23.8. The van der Waals surface area contributed by atoms with Crippen LogP contribution >= 0.6 is 0 Å². The number of amides is 3. The van der Waals surface area contributed by atoms with Crippen LogP contribution in [-0.2, 0) is 32.0 Å². The Kier molecular flexibility index (Phi) is 11.1. The van der Waals surface area contributed by atoms with Gasteiger partial charge in [-0.1, -0.05) is 50.6 Å². The Labute approximate surface area is 243 Å². The molecule has 0 saturated heterocycles. The number of fused-ring (bicyclic) bond motifs is 1. The zero-order chi connectivity index (χ0) is 31.0. The smallest absolute Gasteiger partial charge is 0.326 e. The van der Waals surface area contributed by atoms with Crippen LogP contribution in [0.5, 0.6) is 5.75 Å². The van der Waals surface area contributed by atoms with E-state index in [2.05, 4.69) is 20.9 Å². The summed E-state index contributed by atoms with van der Waals surface area (Å²) in [5, 5.41) is 37.8. The van der Waals surface area contributed by atoms with Crippen molar-refractivity contribution in [3.63, 3.8) is 0 Å². The predicted octanol–water partition coefficient (Wildman–Crippen LogP) is 0.952. The number of aromatic hydroxyl groups is 1. The number of aliphatic hydroxyl groups excluding tert-OH is 1. The summed E-state index contributed by atoms with van der Waals surface area (Å²) < 4.78 is 0. The SMILES string of the molecule is CCC(C)C(NC(=O)C(N)C(C)O)C(=O)NC(Cc1c[nH]c2ccccc12)C(=O)NC(Cc1ccc(O)cc1)C(=O)O. The van der Waals surface area contributed by atoms with Gasteiger partial charge < -0.3 is 42.0 Å². The molecule has 0 fully saturated rings. The topological polar surface area (TPSA) is 207 Å². The summed E-state index contributed by atoms with van der Waals surface area (Å²) >= 11 is 0. The molecule has 9 N–H and O–H groups in total. The number of hydrogen-bond donors (Lipinski definition) is 8. The number of aromatic amines is 1. The lowest BCUT2D eigenvalue weighted by Gasteiger charge is -2.28. The van der Waals surface area contributed by atoms with Gasteiger partial charge in [-0.3, -0.25) is 14.4 Å². The van der Waals surface area contributed by atoms with Gasteiger partial charge in [-0.25, -0.2) is 4.79 Å². The molecule has 0 saturated carbocycles. The highest BCUT2D eigenvalue weighted by molar-refractivity contribution is 5.95. The molecule has 3 aromatic rings. The van der Waals surface area contributed by atoms with E-state index in [1.54, 1.807) is 25.3 Å². The van der Waals surface area contributed by atoms with Gasteiger partial charge in [0.15, 0.2) is 0 Å². The van der Waals surface area contributed by atoms with Crippen LogP contribution in [0.4, 0.5) is 0 Å². The van der Waals surface area contributed by atoms with Gasteiger partial charge in [-0.2, -0.15) is 0 Å². The highest BCUT2D eigenvalue weighted by Gasteiger charge is 2.33.